The van der Waals surface area contributed by atoms with Gasteiger partial charge < -0.3 is 9.13 Å². The average Bonchev–Trinajstić information content (AvgIpc) is 3.82. The maximum absolute atomic E-state index is 5.34. The molecule has 0 radical (unpaired) electrons. The third-order valence-electron chi connectivity index (χ3n) is 11.7. The monoisotopic (exact) mass is 738 g/mol. The Hall–Kier alpha value is -7.82. The minimum Gasteiger partial charge on any atom is -0.309 e. The fourth-order valence-electron chi connectivity index (χ4n) is 9.15. The molecule has 0 saturated carbocycles. The van der Waals surface area contributed by atoms with Crippen LogP contribution in [0.4, 0.5) is 0 Å². The molecule has 0 bridgehead atoms. The van der Waals surface area contributed by atoms with Crippen LogP contribution in [0.2, 0.25) is 0 Å². The number of aromatic nitrogens is 4. The van der Waals surface area contributed by atoms with Crippen molar-refractivity contribution < 1.29 is 0 Å². The molecule has 4 heteroatoms. The second-order valence-corrected chi connectivity index (χ2v) is 15.0. The van der Waals surface area contributed by atoms with Crippen molar-refractivity contribution >= 4 is 65.3 Å². The molecule has 0 atom stereocenters. The summed E-state index contributed by atoms with van der Waals surface area (Å²) in [7, 11) is 0. The van der Waals surface area contributed by atoms with Crippen molar-refractivity contribution in [2.45, 2.75) is 0 Å². The highest BCUT2D eigenvalue weighted by Gasteiger charge is 2.20. The first kappa shape index (κ1) is 32.4. The van der Waals surface area contributed by atoms with Crippen LogP contribution in [-0.4, -0.2) is 19.1 Å². The van der Waals surface area contributed by atoms with Crippen molar-refractivity contribution in [3.8, 4) is 45.1 Å². The van der Waals surface area contributed by atoms with Gasteiger partial charge in [0.2, 0.25) is 0 Å². The molecule has 3 aromatic heterocycles. The van der Waals surface area contributed by atoms with Gasteiger partial charge in [0, 0.05) is 49.4 Å². The van der Waals surface area contributed by atoms with Crippen LogP contribution in [0.3, 0.4) is 0 Å². The number of para-hydroxylation sites is 3. The van der Waals surface area contributed by atoms with Crippen LogP contribution < -0.4 is 0 Å². The van der Waals surface area contributed by atoms with Crippen LogP contribution in [0, 0.1) is 0 Å². The van der Waals surface area contributed by atoms with E-state index in [2.05, 4.69) is 215 Å². The second kappa shape index (κ2) is 12.9. The third kappa shape index (κ3) is 4.95. The molecule has 0 amide bonds. The highest BCUT2D eigenvalue weighted by molar-refractivity contribution is 6.17. The fraction of sp³-hybridized carbons (Fsp3) is 0. The molecule has 9 aromatic carbocycles. The number of hydrogen-bond acceptors (Lipinski definition) is 2. The van der Waals surface area contributed by atoms with Gasteiger partial charge in [0.25, 0.3) is 0 Å². The molecule has 0 aliphatic heterocycles. The van der Waals surface area contributed by atoms with Crippen molar-refractivity contribution in [1.82, 2.24) is 19.1 Å². The summed E-state index contributed by atoms with van der Waals surface area (Å²) in [5.74, 6) is 0.701. The maximum atomic E-state index is 5.34. The minimum absolute atomic E-state index is 0.701. The first-order valence-corrected chi connectivity index (χ1v) is 19.8. The van der Waals surface area contributed by atoms with Gasteiger partial charge in [-0.05, 0) is 76.5 Å². The van der Waals surface area contributed by atoms with E-state index >= 15 is 0 Å². The Kier molecular flexibility index (Phi) is 7.20. The van der Waals surface area contributed by atoms with Crippen LogP contribution in [-0.2, 0) is 0 Å². The van der Waals surface area contributed by atoms with Gasteiger partial charge in [0.05, 0.1) is 33.3 Å². The molecular formula is C54H34N4. The standard InChI is InChI=1S/C54H34N4/c1-3-16-36(17-4-1)53-52-41-22-8-7-15-35(41)30-32-46(52)55-54(56-53)38-18-13-21-40(33-38)58-48-27-12-10-24-45(48)51-42(25-14-28-49(51)58)37-29-31-44-43-23-9-11-26-47(43)57(50(44)34-37)39-19-5-2-6-20-39/h1-34H. The van der Waals surface area contributed by atoms with Crippen LogP contribution in [0.25, 0.3) is 110 Å². The molecule has 4 nitrogen and oxygen atoms in total. The average molecular weight is 739 g/mol. The molecule has 58 heavy (non-hydrogen) atoms. The second-order valence-electron chi connectivity index (χ2n) is 15.0. The van der Waals surface area contributed by atoms with E-state index in [0.717, 1.165) is 55.5 Å². The lowest BCUT2D eigenvalue weighted by Gasteiger charge is -2.13. The summed E-state index contributed by atoms with van der Waals surface area (Å²) in [5, 5.41) is 8.33. The summed E-state index contributed by atoms with van der Waals surface area (Å²) in [4.78, 5) is 10.6. The van der Waals surface area contributed by atoms with Crippen molar-refractivity contribution in [1.29, 1.82) is 0 Å². The van der Waals surface area contributed by atoms with E-state index in [0.29, 0.717) is 5.82 Å². The predicted octanol–water partition coefficient (Wildman–Crippen LogP) is 14.0. The van der Waals surface area contributed by atoms with Gasteiger partial charge in [0.15, 0.2) is 5.82 Å². The van der Waals surface area contributed by atoms with E-state index in [4.69, 9.17) is 9.97 Å². The van der Waals surface area contributed by atoms with Crippen molar-refractivity contribution in [2.24, 2.45) is 0 Å². The molecule has 12 aromatic rings. The van der Waals surface area contributed by atoms with E-state index in [9.17, 15) is 0 Å². The Bertz CT molecular complexity index is 3560. The summed E-state index contributed by atoms with van der Waals surface area (Å²) in [6.45, 7) is 0. The van der Waals surface area contributed by atoms with Crippen LogP contribution in [0.1, 0.15) is 0 Å². The summed E-state index contributed by atoms with van der Waals surface area (Å²) in [5.41, 5.74) is 13.2. The predicted molar refractivity (Wildman–Crippen MR) is 242 cm³/mol. The highest BCUT2D eigenvalue weighted by atomic mass is 15.0. The fourth-order valence-corrected chi connectivity index (χ4v) is 9.15. The van der Waals surface area contributed by atoms with E-state index in [1.807, 2.05) is 0 Å². The summed E-state index contributed by atoms with van der Waals surface area (Å²) >= 11 is 0. The van der Waals surface area contributed by atoms with Gasteiger partial charge in [-0.3, -0.25) is 0 Å². The molecule has 270 valence electrons. The molecule has 0 saturated heterocycles. The lowest BCUT2D eigenvalue weighted by Crippen LogP contribution is -1.98. The van der Waals surface area contributed by atoms with E-state index in [-0.39, 0.29) is 0 Å². The van der Waals surface area contributed by atoms with E-state index in [1.54, 1.807) is 0 Å². The van der Waals surface area contributed by atoms with Crippen LogP contribution in [0.5, 0.6) is 0 Å². The first-order valence-electron chi connectivity index (χ1n) is 19.8. The van der Waals surface area contributed by atoms with Crippen LogP contribution >= 0.6 is 0 Å². The van der Waals surface area contributed by atoms with Crippen LogP contribution in [0.15, 0.2) is 206 Å². The zero-order chi connectivity index (χ0) is 38.2. The van der Waals surface area contributed by atoms with Crippen molar-refractivity contribution in [3.05, 3.63) is 206 Å². The molecule has 0 N–H and O–H groups in total. The molecule has 0 unspecified atom stereocenters. The topological polar surface area (TPSA) is 35.6 Å². The molecule has 0 fully saturated rings. The van der Waals surface area contributed by atoms with Gasteiger partial charge in [-0.15, -0.1) is 0 Å². The third-order valence-corrected chi connectivity index (χ3v) is 11.7. The van der Waals surface area contributed by atoms with Gasteiger partial charge >= 0.3 is 0 Å². The Labute approximate surface area is 334 Å². The number of benzene rings is 9. The largest absolute Gasteiger partial charge is 0.309 e. The molecular weight excluding hydrogens is 705 g/mol. The number of hydrogen-bond donors (Lipinski definition) is 0. The quantitative estimate of drug-likeness (QED) is 0.165. The molecule has 12 rings (SSSR count). The normalized spacial score (nSPS) is 11.8. The summed E-state index contributed by atoms with van der Waals surface area (Å²) in [6.07, 6.45) is 0. The van der Waals surface area contributed by atoms with Crippen molar-refractivity contribution in [2.75, 3.05) is 0 Å². The zero-order valence-electron chi connectivity index (χ0n) is 31.4. The van der Waals surface area contributed by atoms with E-state index < -0.39 is 0 Å². The van der Waals surface area contributed by atoms with Crippen molar-refractivity contribution in [3.63, 3.8) is 0 Å². The molecule has 0 aliphatic rings. The molecule has 3 heterocycles. The SMILES string of the molecule is c1ccc(-c2nc(-c3cccc(-n4c5ccccc5c5c(-c6ccc7c8ccccc8n(-c8ccccc8)c7c6)cccc54)c3)nc3ccc4ccccc4c23)cc1. The Morgan fingerprint density at radius 1 is 0.328 bits per heavy atom. The van der Waals surface area contributed by atoms with E-state index in [1.165, 1.54) is 49.1 Å². The van der Waals surface area contributed by atoms with Gasteiger partial charge in [-0.1, -0.05) is 152 Å². The minimum atomic E-state index is 0.701. The number of nitrogens with zero attached hydrogens (tertiary/aromatic N) is 4. The maximum Gasteiger partial charge on any atom is 0.160 e. The van der Waals surface area contributed by atoms with Gasteiger partial charge in [-0.25, -0.2) is 9.97 Å². The first-order chi connectivity index (χ1) is 28.8. The lowest BCUT2D eigenvalue weighted by atomic mass is 9.98. The summed E-state index contributed by atoms with van der Waals surface area (Å²) in [6, 6.07) is 73.8. The molecule has 0 aliphatic carbocycles. The molecule has 0 spiro atoms. The highest BCUT2D eigenvalue weighted by Crippen LogP contribution is 2.42. The summed E-state index contributed by atoms with van der Waals surface area (Å²) < 4.78 is 4.79. The zero-order valence-corrected chi connectivity index (χ0v) is 31.4. The number of fused-ring (bicyclic) bond motifs is 9. The smallest absolute Gasteiger partial charge is 0.160 e. The lowest BCUT2D eigenvalue weighted by molar-refractivity contribution is 1.17. The Balaban J connectivity index is 1.06. The Morgan fingerprint density at radius 2 is 0.948 bits per heavy atom. The Morgan fingerprint density at radius 3 is 1.79 bits per heavy atom. The number of rotatable bonds is 5. The van der Waals surface area contributed by atoms with Gasteiger partial charge in [-0.2, -0.15) is 0 Å². The van der Waals surface area contributed by atoms with Gasteiger partial charge in [0.1, 0.15) is 0 Å².